The first-order valence-electron chi connectivity index (χ1n) is 9.12. The van der Waals surface area contributed by atoms with Crippen molar-refractivity contribution in [2.45, 2.75) is 38.8 Å². The summed E-state index contributed by atoms with van der Waals surface area (Å²) in [6, 6.07) is 11.5. The van der Waals surface area contributed by atoms with Crippen molar-refractivity contribution in [3.63, 3.8) is 0 Å². The number of rotatable bonds is 7. The summed E-state index contributed by atoms with van der Waals surface area (Å²) >= 11 is 0. The zero-order chi connectivity index (χ0) is 17.4. The molecule has 24 heavy (non-hydrogen) atoms. The summed E-state index contributed by atoms with van der Waals surface area (Å²) in [5.74, 6) is 0.895. The highest BCUT2D eigenvalue weighted by Crippen LogP contribution is 2.15. The van der Waals surface area contributed by atoms with Crippen molar-refractivity contribution >= 4 is 11.6 Å². The van der Waals surface area contributed by atoms with E-state index in [0.717, 1.165) is 25.6 Å². The average Bonchev–Trinajstić information content (AvgIpc) is 3.09. The first-order valence-corrected chi connectivity index (χ1v) is 9.12. The Balaban J connectivity index is 1.76. The van der Waals surface area contributed by atoms with Gasteiger partial charge in [0.1, 0.15) is 0 Å². The number of benzene rings is 1. The van der Waals surface area contributed by atoms with Gasteiger partial charge in [-0.1, -0.05) is 25.1 Å². The fourth-order valence-corrected chi connectivity index (χ4v) is 3.28. The lowest BCUT2D eigenvalue weighted by Crippen LogP contribution is -2.48. The minimum Gasteiger partial charge on any atom is -0.370 e. The Morgan fingerprint density at radius 3 is 2.75 bits per heavy atom. The third-order valence-corrected chi connectivity index (χ3v) is 5.02. The largest absolute Gasteiger partial charge is 0.370 e. The van der Waals surface area contributed by atoms with Gasteiger partial charge in [-0.2, -0.15) is 0 Å². The molecule has 0 bridgehead atoms. The fourth-order valence-electron chi connectivity index (χ4n) is 3.28. The molecule has 0 amide bonds. The highest BCUT2D eigenvalue weighted by atomic mass is 15.2. The monoisotopic (exact) mass is 331 g/mol. The summed E-state index contributed by atoms with van der Waals surface area (Å²) in [7, 11) is 3.97. The molecule has 2 N–H and O–H groups in total. The number of hydrogen-bond donors (Lipinski definition) is 2. The molecule has 1 aliphatic heterocycles. The Bertz CT molecular complexity index is 502. The van der Waals surface area contributed by atoms with Gasteiger partial charge in [-0.05, 0) is 45.0 Å². The van der Waals surface area contributed by atoms with Gasteiger partial charge in [0.25, 0.3) is 0 Å². The lowest BCUT2D eigenvalue weighted by Gasteiger charge is -2.28. The van der Waals surface area contributed by atoms with Crippen LogP contribution in [0.2, 0.25) is 0 Å². The lowest BCUT2D eigenvalue weighted by molar-refractivity contribution is 0.267. The number of likely N-dealkylation sites (N-methyl/N-ethyl adjacent to an activating group) is 2. The smallest absolute Gasteiger partial charge is 0.191 e. The van der Waals surface area contributed by atoms with Gasteiger partial charge in [0.2, 0.25) is 0 Å². The Morgan fingerprint density at radius 2 is 2.08 bits per heavy atom. The third kappa shape index (κ3) is 5.13. The molecule has 2 rings (SSSR count). The molecule has 0 spiro atoms. The van der Waals surface area contributed by atoms with E-state index in [4.69, 9.17) is 0 Å². The van der Waals surface area contributed by atoms with Gasteiger partial charge in [0.15, 0.2) is 5.96 Å². The number of para-hydroxylation sites is 1. The third-order valence-electron chi connectivity index (χ3n) is 5.02. The van der Waals surface area contributed by atoms with Crippen LogP contribution in [-0.2, 0) is 0 Å². The summed E-state index contributed by atoms with van der Waals surface area (Å²) in [5.41, 5.74) is 1.24. The molecule has 0 saturated carbocycles. The van der Waals surface area contributed by atoms with Crippen LogP contribution < -0.4 is 15.5 Å². The van der Waals surface area contributed by atoms with Crippen molar-refractivity contribution in [2.24, 2.45) is 4.99 Å². The van der Waals surface area contributed by atoms with E-state index in [2.05, 4.69) is 76.7 Å². The Labute approximate surface area is 147 Å². The molecule has 1 heterocycles. The van der Waals surface area contributed by atoms with Gasteiger partial charge in [-0.25, -0.2) is 0 Å². The quantitative estimate of drug-likeness (QED) is 0.594. The molecule has 2 atom stereocenters. The van der Waals surface area contributed by atoms with Gasteiger partial charge >= 0.3 is 0 Å². The molecule has 0 aromatic heterocycles. The van der Waals surface area contributed by atoms with Crippen LogP contribution in [-0.4, -0.2) is 63.2 Å². The van der Waals surface area contributed by atoms with Crippen molar-refractivity contribution in [1.82, 2.24) is 15.5 Å². The number of guanidine groups is 1. The van der Waals surface area contributed by atoms with Crippen LogP contribution in [0.5, 0.6) is 0 Å². The highest BCUT2D eigenvalue weighted by molar-refractivity contribution is 5.79. The van der Waals surface area contributed by atoms with E-state index < -0.39 is 0 Å². The summed E-state index contributed by atoms with van der Waals surface area (Å²) in [6.45, 7) is 8.66. The fraction of sp³-hybridized carbons (Fsp3) is 0.632. The molecule has 134 valence electrons. The minimum atomic E-state index is 0.379. The molecular weight excluding hydrogens is 298 g/mol. The van der Waals surface area contributed by atoms with Crippen molar-refractivity contribution in [3.8, 4) is 0 Å². The van der Waals surface area contributed by atoms with E-state index >= 15 is 0 Å². The van der Waals surface area contributed by atoms with Crippen LogP contribution >= 0.6 is 0 Å². The predicted molar refractivity (Wildman–Crippen MR) is 104 cm³/mol. The van der Waals surface area contributed by atoms with Gasteiger partial charge in [-0.3, -0.25) is 9.89 Å². The summed E-state index contributed by atoms with van der Waals surface area (Å²) in [5, 5.41) is 6.94. The van der Waals surface area contributed by atoms with Crippen molar-refractivity contribution in [1.29, 1.82) is 0 Å². The second kappa shape index (κ2) is 9.52. The van der Waals surface area contributed by atoms with Crippen LogP contribution in [0, 0.1) is 0 Å². The maximum Gasteiger partial charge on any atom is 0.191 e. The molecule has 1 fully saturated rings. The van der Waals surface area contributed by atoms with E-state index in [-0.39, 0.29) is 0 Å². The maximum atomic E-state index is 4.36. The van der Waals surface area contributed by atoms with Gasteiger partial charge in [-0.15, -0.1) is 0 Å². The Kier molecular flexibility index (Phi) is 7.37. The average molecular weight is 332 g/mol. The SMILES string of the molecule is CCN1CCCC1CNC(=NC)NCC(C)N(C)c1ccccc1. The van der Waals surface area contributed by atoms with Crippen molar-refractivity contribution < 1.29 is 0 Å². The highest BCUT2D eigenvalue weighted by Gasteiger charge is 2.22. The minimum absolute atomic E-state index is 0.379. The van der Waals surface area contributed by atoms with E-state index in [9.17, 15) is 0 Å². The zero-order valence-corrected chi connectivity index (χ0v) is 15.6. The van der Waals surface area contributed by atoms with Gasteiger partial charge in [0, 0.05) is 45.0 Å². The Hall–Kier alpha value is -1.75. The van der Waals surface area contributed by atoms with E-state index in [1.54, 1.807) is 0 Å². The number of aliphatic imine (C=N–C) groups is 1. The van der Waals surface area contributed by atoms with E-state index in [1.165, 1.54) is 25.1 Å². The molecule has 1 aliphatic rings. The molecule has 5 heteroatoms. The zero-order valence-electron chi connectivity index (χ0n) is 15.6. The predicted octanol–water partition coefficient (Wildman–Crippen LogP) is 2.16. The first kappa shape index (κ1) is 18.6. The van der Waals surface area contributed by atoms with Crippen LogP contribution in [0.25, 0.3) is 0 Å². The molecular formula is C19H33N5. The maximum absolute atomic E-state index is 4.36. The summed E-state index contributed by atoms with van der Waals surface area (Å²) in [4.78, 5) is 9.20. The normalized spacial score (nSPS) is 20.0. The molecule has 1 saturated heterocycles. The molecule has 1 aromatic rings. The standard InChI is InChI=1S/C19H33N5/c1-5-24-13-9-12-18(24)15-22-19(20-3)21-14-16(2)23(4)17-10-7-6-8-11-17/h6-8,10-11,16,18H,5,9,12-15H2,1-4H3,(H2,20,21,22). The molecule has 5 nitrogen and oxygen atoms in total. The number of anilines is 1. The van der Waals surface area contributed by atoms with E-state index in [0.29, 0.717) is 12.1 Å². The van der Waals surface area contributed by atoms with E-state index in [1.807, 2.05) is 7.05 Å². The summed E-state index contributed by atoms with van der Waals surface area (Å²) in [6.07, 6.45) is 2.59. The van der Waals surface area contributed by atoms with Crippen LogP contribution in [0.1, 0.15) is 26.7 Å². The van der Waals surface area contributed by atoms with Crippen LogP contribution in [0.15, 0.2) is 35.3 Å². The number of hydrogen-bond acceptors (Lipinski definition) is 3. The number of nitrogens with one attached hydrogen (secondary N) is 2. The molecule has 1 aromatic carbocycles. The van der Waals surface area contributed by atoms with Crippen molar-refractivity contribution in [3.05, 3.63) is 30.3 Å². The topological polar surface area (TPSA) is 42.9 Å². The second-order valence-corrected chi connectivity index (χ2v) is 6.55. The lowest BCUT2D eigenvalue weighted by atomic mass is 10.2. The number of nitrogens with zero attached hydrogens (tertiary/aromatic N) is 3. The number of likely N-dealkylation sites (tertiary alicyclic amines) is 1. The molecule has 0 aliphatic carbocycles. The van der Waals surface area contributed by atoms with Crippen LogP contribution in [0.4, 0.5) is 5.69 Å². The van der Waals surface area contributed by atoms with Gasteiger partial charge < -0.3 is 15.5 Å². The van der Waals surface area contributed by atoms with Gasteiger partial charge in [0.05, 0.1) is 0 Å². The van der Waals surface area contributed by atoms with Crippen LogP contribution in [0.3, 0.4) is 0 Å². The second-order valence-electron chi connectivity index (χ2n) is 6.55. The first-order chi connectivity index (χ1) is 11.7. The van der Waals surface area contributed by atoms with Crippen molar-refractivity contribution in [2.75, 3.05) is 45.2 Å². The molecule has 2 unspecified atom stereocenters. The Morgan fingerprint density at radius 1 is 1.33 bits per heavy atom. The summed E-state index contributed by atoms with van der Waals surface area (Å²) < 4.78 is 0. The molecule has 0 radical (unpaired) electrons.